The standard InChI is InChI=1S/C6H5BrOS/c7-6-1-4-2-8-3-5(4)9-6/h1H,2-3H2. The van der Waals surface area contributed by atoms with Crippen LogP contribution < -0.4 is 0 Å². The van der Waals surface area contributed by atoms with Crippen molar-refractivity contribution in [3.05, 3.63) is 20.3 Å². The Morgan fingerprint density at radius 2 is 2.44 bits per heavy atom. The van der Waals surface area contributed by atoms with Crippen LogP contribution >= 0.6 is 27.3 Å². The van der Waals surface area contributed by atoms with Gasteiger partial charge in [-0.1, -0.05) is 0 Å². The van der Waals surface area contributed by atoms with E-state index in [0.29, 0.717) is 0 Å². The van der Waals surface area contributed by atoms with Crippen molar-refractivity contribution in [2.45, 2.75) is 13.2 Å². The third kappa shape index (κ3) is 0.933. The molecule has 2 rings (SSSR count). The molecule has 48 valence electrons. The Morgan fingerprint density at radius 3 is 3.22 bits per heavy atom. The summed E-state index contributed by atoms with van der Waals surface area (Å²) in [5.74, 6) is 0. The van der Waals surface area contributed by atoms with E-state index in [1.165, 1.54) is 14.2 Å². The van der Waals surface area contributed by atoms with Gasteiger partial charge in [-0.2, -0.15) is 0 Å². The average Bonchev–Trinajstić information content (AvgIpc) is 2.22. The molecular formula is C6H5BrOS. The van der Waals surface area contributed by atoms with E-state index in [9.17, 15) is 0 Å². The predicted octanol–water partition coefficient (Wildman–Crippen LogP) is 2.54. The summed E-state index contributed by atoms with van der Waals surface area (Å²) in [6.45, 7) is 1.61. The second-order valence-electron chi connectivity index (χ2n) is 1.99. The number of rotatable bonds is 0. The van der Waals surface area contributed by atoms with Crippen LogP contribution in [0.25, 0.3) is 0 Å². The van der Waals surface area contributed by atoms with Crippen molar-refractivity contribution >= 4 is 27.3 Å². The molecule has 1 aromatic heterocycles. The molecule has 0 radical (unpaired) electrons. The summed E-state index contributed by atoms with van der Waals surface area (Å²) < 4.78 is 6.42. The van der Waals surface area contributed by atoms with Crippen LogP contribution in [-0.4, -0.2) is 0 Å². The Kier molecular flexibility index (Phi) is 1.36. The molecule has 0 fully saturated rings. The summed E-state index contributed by atoms with van der Waals surface area (Å²) in [6.07, 6.45) is 0. The molecule has 2 heterocycles. The van der Waals surface area contributed by atoms with Crippen LogP contribution in [0.5, 0.6) is 0 Å². The van der Waals surface area contributed by atoms with Gasteiger partial charge in [0, 0.05) is 4.88 Å². The Morgan fingerprint density at radius 1 is 1.56 bits per heavy atom. The SMILES string of the molecule is Brc1cc2c(s1)COC2. The predicted molar refractivity (Wildman–Crippen MR) is 40.5 cm³/mol. The van der Waals surface area contributed by atoms with Gasteiger partial charge in [-0.05, 0) is 27.6 Å². The number of thiophene rings is 1. The zero-order valence-corrected chi connectivity index (χ0v) is 7.09. The lowest BCUT2D eigenvalue weighted by Crippen LogP contribution is -1.73. The first-order valence-corrected chi connectivity index (χ1v) is 4.32. The lowest BCUT2D eigenvalue weighted by molar-refractivity contribution is 0.135. The van der Waals surface area contributed by atoms with Gasteiger partial charge in [0.1, 0.15) is 0 Å². The van der Waals surface area contributed by atoms with Crippen LogP contribution in [0.2, 0.25) is 0 Å². The number of halogens is 1. The van der Waals surface area contributed by atoms with E-state index in [1.54, 1.807) is 11.3 Å². The summed E-state index contributed by atoms with van der Waals surface area (Å²) in [4.78, 5) is 1.38. The van der Waals surface area contributed by atoms with Gasteiger partial charge >= 0.3 is 0 Å². The van der Waals surface area contributed by atoms with Crippen molar-refractivity contribution in [1.29, 1.82) is 0 Å². The maximum absolute atomic E-state index is 5.20. The molecule has 0 amide bonds. The van der Waals surface area contributed by atoms with Crippen molar-refractivity contribution in [2.75, 3.05) is 0 Å². The van der Waals surface area contributed by atoms with Crippen LogP contribution in [0.1, 0.15) is 10.4 Å². The van der Waals surface area contributed by atoms with E-state index >= 15 is 0 Å². The first-order chi connectivity index (χ1) is 4.36. The molecule has 1 nitrogen and oxygen atoms in total. The summed E-state index contributed by atoms with van der Waals surface area (Å²) in [5.41, 5.74) is 1.35. The summed E-state index contributed by atoms with van der Waals surface area (Å²) >= 11 is 5.19. The maximum atomic E-state index is 5.20. The van der Waals surface area contributed by atoms with Gasteiger partial charge in [0.25, 0.3) is 0 Å². The minimum atomic E-state index is 0.803. The minimum Gasteiger partial charge on any atom is -0.371 e. The van der Waals surface area contributed by atoms with Gasteiger partial charge in [-0.25, -0.2) is 0 Å². The summed E-state index contributed by atoms with van der Waals surface area (Å²) in [7, 11) is 0. The molecule has 0 aromatic carbocycles. The van der Waals surface area contributed by atoms with E-state index in [1.807, 2.05) is 0 Å². The first kappa shape index (κ1) is 5.89. The van der Waals surface area contributed by atoms with Crippen LogP contribution in [0.15, 0.2) is 9.85 Å². The third-order valence-corrected chi connectivity index (χ3v) is 3.01. The molecule has 1 aromatic rings. The van der Waals surface area contributed by atoms with Crippen LogP contribution in [0.3, 0.4) is 0 Å². The zero-order chi connectivity index (χ0) is 6.27. The van der Waals surface area contributed by atoms with Crippen molar-refractivity contribution in [1.82, 2.24) is 0 Å². The number of ether oxygens (including phenoxy) is 1. The van der Waals surface area contributed by atoms with Crippen molar-refractivity contribution in [3.8, 4) is 0 Å². The number of hydrogen-bond acceptors (Lipinski definition) is 2. The second kappa shape index (κ2) is 2.08. The molecule has 0 aliphatic carbocycles. The molecule has 0 atom stereocenters. The first-order valence-electron chi connectivity index (χ1n) is 2.71. The third-order valence-electron chi connectivity index (χ3n) is 1.36. The van der Waals surface area contributed by atoms with Gasteiger partial charge in [0.05, 0.1) is 17.0 Å². The summed E-state index contributed by atoms with van der Waals surface area (Å²) in [5, 5.41) is 0. The molecule has 0 saturated heterocycles. The Balaban J connectivity index is 2.51. The fourth-order valence-electron chi connectivity index (χ4n) is 0.928. The highest BCUT2D eigenvalue weighted by molar-refractivity contribution is 9.11. The average molecular weight is 205 g/mol. The summed E-state index contributed by atoms with van der Waals surface area (Å²) in [6, 6.07) is 2.13. The molecule has 3 heteroatoms. The monoisotopic (exact) mass is 204 g/mol. The Hall–Kier alpha value is 0.140. The highest BCUT2D eigenvalue weighted by Gasteiger charge is 2.13. The Labute approximate surface area is 65.8 Å². The molecule has 1 aliphatic heterocycles. The van der Waals surface area contributed by atoms with Crippen LogP contribution in [0.4, 0.5) is 0 Å². The largest absolute Gasteiger partial charge is 0.371 e. The molecule has 0 N–H and O–H groups in total. The molecule has 0 unspecified atom stereocenters. The van der Waals surface area contributed by atoms with Gasteiger partial charge < -0.3 is 4.74 Å². The maximum Gasteiger partial charge on any atom is 0.0818 e. The molecule has 0 saturated carbocycles. The molecule has 1 aliphatic rings. The van der Waals surface area contributed by atoms with Gasteiger partial charge in [0.2, 0.25) is 0 Å². The smallest absolute Gasteiger partial charge is 0.0818 e. The molecule has 9 heavy (non-hydrogen) atoms. The molecule has 0 bridgehead atoms. The quantitative estimate of drug-likeness (QED) is 0.632. The van der Waals surface area contributed by atoms with E-state index < -0.39 is 0 Å². The van der Waals surface area contributed by atoms with Gasteiger partial charge in [0.15, 0.2) is 0 Å². The zero-order valence-electron chi connectivity index (χ0n) is 4.69. The van der Waals surface area contributed by atoms with Gasteiger partial charge in [-0.3, -0.25) is 0 Å². The van der Waals surface area contributed by atoms with E-state index in [2.05, 4.69) is 22.0 Å². The van der Waals surface area contributed by atoms with Crippen LogP contribution in [-0.2, 0) is 18.0 Å². The van der Waals surface area contributed by atoms with Crippen LogP contribution in [0, 0.1) is 0 Å². The lowest BCUT2D eigenvalue weighted by atomic mass is 10.3. The number of hydrogen-bond donors (Lipinski definition) is 0. The van der Waals surface area contributed by atoms with E-state index in [0.717, 1.165) is 13.2 Å². The second-order valence-corrected chi connectivity index (χ2v) is 4.51. The van der Waals surface area contributed by atoms with E-state index in [4.69, 9.17) is 4.74 Å². The lowest BCUT2D eigenvalue weighted by Gasteiger charge is -1.84. The fourth-order valence-corrected chi connectivity index (χ4v) is 2.62. The molecule has 0 spiro atoms. The van der Waals surface area contributed by atoms with Crippen molar-refractivity contribution < 1.29 is 4.74 Å². The Bertz CT molecular complexity index is 209. The van der Waals surface area contributed by atoms with Crippen molar-refractivity contribution in [2.24, 2.45) is 0 Å². The fraction of sp³-hybridized carbons (Fsp3) is 0.333. The highest BCUT2D eigenvalue weighted by Crippen LogP contribution is 2.32. The topological polar surface area (TPSA) is 9.23 Å². The normalized spacial score (nSPS) is 16.1. The minimum absolute atomic E-state index is 0.803. The molecular weight excluding hydrogens is 200 g/mol. The van der Waals surface area contributed by atoms with Gasteiger partial charge in [-0.15, -0.1) is 11.3 Å². The number of fused-ring (bicyclic) bond motifs is 1. The van der Waals surface area contributed by atoms with E-state index in [-0.39, 0.29) is 0 Å². The van der Waals surface area contributed by atoms with Crippen molar-refractivity contribution in [3.63, 3.8) is 0 Å². The highest BCUT2D eigenvalue weighted by atomic mass is 79.9.